The second-order valence-electron chi connectivity index (χ2n) is 17.8. The van der Waals surface area contributed by atoms with Crippen LogP contribution in [0.3, 0.4) is 0 Å². The van der Waals surface area contributed by atoms with Gasteiger partial charge < -0.3 is 30.4 Å². The Hall–Kier alpha value is -4.70. The van der Waals surface area contributed by atoms with Gasteiger partial charge in [0.25, 0.3) is 0 Å². The fourth-order valence-electron chi connectivity index (χ4n) is 8.90. The highest BCUT2D eigenvalue weighted by Crippen LogP contribution is 2.32. The van der Waals surface area contributed by atoms with Gasteiger partial charge in [0.1, 0.15) is 17.2 Å². The number of β-amino-alcohol motifs (C(OH)–C–C–N with tert-alkyl or cyclic N) is 1. The molecule has 0 spiro atoms. The molecule has 3 aliphatic rings. The highest BCUT2D eigenvalue weighted by atomic mass is 16.5. The number of hydrogen-bond acceptors (Lipinski definition) is 8. The molecule has 4 N–H and O–H groups in total. The van der Waals surface area contributed by atoms with Crippen molar-refractivity contribution in [1.29, 1.82) is 0 Å². The maximum absolute atomic E-state index is 9.34. The van der Waals surface area contributed by atoms with Gasteiger partial charge in [0.05, 0.1) is 27.4 Å². The summed E-state index contributed by atoms with van der Waals surface area (Å²) < 4.78 is 15.7. The van der Waals surface area contributed by atoms with Crippen LogP contribution in [0.1, 0.15) is 98.6 Å². The van der Waals surface area contributed by atoms with Gasteiger partial charge in [0, 0.05) is 38.8 Å². The Morgan fingerprint density at radius 2 is 1.03 bits per heavy atom. The molecule has 3 fully saturated rings. The molecule has 6 atom stereocenters. The van der Waals surface area contributed by atoms with Gasteiger partial charge in [-0.15, -0.1) is 0 Å². The fraction of sp³-hybridized carbons (Fsp3) is 0.455. The number of methoxy groups -OCH3 is 3. The smallest absolute Gasteiger partial charge is 0.119 e. The number of rotatable bonds is 14. The van der Waals surface area contributed by atoms with E-state index in [1.165, 1.54) is 74.1 Å². The molecule has 3 heterocycles. The van der Waals surface area contributed by atoms with E-state index in [4.69, 9.17) is 19.9 Å². The second-order valence-corrected chi connectivity index (χ2v) is 17.8. The van der Waals surface area contributed by atoms with E-state index in [1.807, 2.05) is 49.4 Å². The Bertz CT molecular complexity index is 1990. The monoisotopic (exact) mass is 857 g/mol. The minimum absolute atomic E-state index is 0.0742. The second kappa shape index (κ2) is 26.8. The molecule has 3 saturated heterocycles. The first-order chi connectivity index (χ1) is 30.6. The lowest BCUT2D eigenvalue weighted by Crippen LogP contribution is -2.21. The molecule has 0 radical (unpaired) electrons. The third kappa shape index (κ3) is 17.4. The Labute approximate surface area is 379 Å². The lowest BCUT2D eigenvalue weighted by molar-refractivity contribution is 0.175. The minimum Gasteiger partial charge on any atom is -0.497 e. The van der Waals surface area contributed by atoms with Crippen LogP contribution in [0, 0.1) is 11.8 Å². The van der Waals surface area contributed by atoms with Crippen LogP contribution in [0.25, 0.3) is 0 Å². The number of aliphatic hydroxyl groups is 1. The van der Waals surface area contributed by atoms with Crippen molar-refractivity contribution in [2.45, 2.75) is 89.9 Å². The van der Waals surface area contributed by atoms with Gasteiger partial charge in [0.2, 0.25) is 0 Å². The predicted octanol–water partition coefficient (Wildman–Crippen LogP) is 10.5. The summed E-state index contributed by atoms with van der Waals surface area (Å²) in [6, 6.07) is 46.1. The third-order valence-electron chi connectivity index (χ3n) is 12.6. The summed E-state index contributed by atoms with van der Waals surface area (Å²) in [4.78, 5) is 4.89. The van der Waals surface area contributed by atoms with Gasteiger partial charge in [0.15, 0.2) is 0 Å². The number of nitrogens with one attached hydrogen (secondary N) is 1. The number of hydrogen-bond donors (Lipinski definition) is 3. The number of benzene rings is 5. The first kappa shape index (κ1) is 49.3. The average molecular weight is 857 g/mol. The molecule has 0 bridgehead atoms. The summed E-state index contributed by atoms with van der Waals surface area (Å²) in [5.74, 6) is 5.66. The summed E-state index contributed by atoms with van der Waals surface area (Å²) in [6.07, 6.45) is 6.00. The topological polar surface area (TPSA) is 92.5 Å². The largest absolute Gasteiger partial charge is 0.497 e. The molecule has 0 aromatic heterocycles. The van der Waals surface area contributed by atoms with Crippen LogP contribution in [-0.4, -0.2) is 81.6 Å². The summed E-state index contributed by atoms with van der Waals surface area (Å²) >= 11 is 0. The van der Waals surface area contributed by atoms with Crippen molar-refractivity contribution in [1.82, 2.24) is 15.1 Å². The molecule has 0 amide bonds. The van der Waals surface area contributed by atoms with E-state index in [2.05, 4.69) is 120 Å². The highest BCUT2D eigenvalue weighted by molar-refractivity contribution is 5.32. The standard InChI is InChI=1S/C21H27NO.C14H21NO.C11H15NO.C9H13NO/c1-17(20-9-6-10-21(14-20)23-2)13-19-11-12-22(16-19)15-18-7-4-3-5-8-18;1-11(8-12-6-7-15-10-12)13-4-3-5-14(9-13)16-2;13-11-6-7-12(9-11)8-10-4-2-1-3-5-10;1-7(10)8-4-3-5-9(6-8)11-2/h3-10,14,17,19H,11-13,15-16H2,1-2H3;3-5,9,11-12,15H,6-8,10H2,1-2H3;1-5,11,13H,6-9H2;3-7H,10H2,1-2H3/t17-,19+;11-,12+;11-;7-/m0011/s1. The molecule has 8 heteroatoms. The van der Waals surface area contributed by atoms with E-state index < -0.39 is 0 Å². The van der Waals surface area contributed by atoms with Crippen molar-refractivity contribution in [3.05, 3.63) is 161 Å². The van der Waals surface area contributed by atoms with Gasteiger partial charge in [-0.05, 0) is 147 Å². The van der Waals surface area contributed by atoms with E-state index in [9.17, 15) is 5.11 Å². The van der Waals surface area contributed by atoms with Crippen molar-refractivity contribution in [2.24, 2.45) is 17.6 Å². The van der Waals surface area contributed by atoms with Crippen molar-refractivity contribution in [3.8, 4) is 17.2 Å². The number of nitrogens with zero attached hydrogens (tertiary/aromatic N) is 2. The van der Waals surface area contributed by atoms with Crippen LogP contribution in [0.5, 0.6) is 17.2 Å². The number of aliphatic hydroxyl groups excluding tert-OH is 1. The number of likely N-dealkylation sites (tertiary alicyclic amines) is 2. The van der Waals surface area contributed by atoms with Crippen LogP contribution in [-0.2, 0) is 13.1 Å². The van der Waals surface area contributed by atoms with Crippen LogP contribution in [0.15, 0.2) is 133 Å². The van der Waals surface area contributed by atoms with Crippen molar-refractivity contribution >= 4 is 0 Å². The lowest BCUT2D eigenvalue weighted by atomic mass is 9.89. The predicted molar refractivity (Wildman–Crippen MR) is 261 cm³/mol. The molecule has 5 aromatic carbocycles. The van der Waals surface area contributed by atoms with E-state index in [-0.39, 0.29) is 12.1 Å². The fourth-order valence-corrected chi connectivity index (χ4v) is 8.90. The molecule has 0 unspecified atom stereocenters. The summed E-state index contributed by atoms with van der Waals surface area (Å²) in [6.45, 7) is 15.3. The molecule has 8 nitrogen and oxygen atoms in total. The van der Waals surface area contributed by atoms with E-state index >= 15 is 0 Å². The van der Waals surface area contributed by atoms with Crippen molar-refractivity contribution in [3.63, 3.8) is 0 Å². The lowest BCUT2D eigenvalue weighted by Gasteiger charge is -2.19. The third-order valence-corrected chi connectivity index (χ3v) is 12.6. The molecular weight excluding hydrogens is 781 g/mol. The Morgan fingerprint density at radius 3 is 1.48 bits per heavy atom. The van der Waals surface area contributed by atoms with Gasteiger partial charge in [-0.25, -0.2) is 0 Å². The van der Waals surface area contributed by atoms with Crippen LogP contribution in [0.4, 0.5) is 0 Å². The van der Waals surface area contributed by atoms with E-state index in [0.29, 0.717) is 11.8 Å². The SMILES string of the molecule is COc1cccc([C@@H](C)C[C@H]2CCN(Cc3ccccc3)C2)c1.COc1cccc([C@@H](C)C[C@H]2CCNC2)c1.COc1cccc([C@@H](C)N)c1.O[C@@H]1CCN(Cc2ccccc2)C1. The van der Waals surface area contributed by atoms with Crippen molar-refractivity contribution in [2.75, 3.05) is 60.6 Å². The molecule has 3 aliphatic heterocycles. The molecule has 8 rings (SSSR count). The Balaban J connectivity index is 0.000000165. The Morgan fingerprint density at radius 1 is 0.571 bits per heavy atom. The quantitative estimate of drug-likeness (QED) is 0.102. The molecule has 0 saturated carbocycles. The molecular formula is C55H76N4O4. The minimum atomic E-state index is -0.108. The highest BCUT2D eigenvalue weighted by Gasteiger charge is 2.25. The van der Waals surface area contributed by atoms with Gasteiger partial charge in [-0.1, -0.05) is 111 Å². The van der Waals surface area contributed by atoms with E-state index in [0.717, 1.165) is 67.2 Å². The normalized spacial score (nSPS) is 19.8. The first-order valence-corrected chi connectivity index (χ1v) is 23.2. The van der Waals surface area contributed by atoms with Crippen LogP contribution >= 0.6 is 0 Å². The van der Waals surface area contributed by atoms with Gasteiger partial charge >= 0.3 is 0 Å². The van der Waals surface area contributed by atoms with Crippen LogP contribution in [0.2, 0.25) is 0 Å². The molecule has 63 heavy (non-hydrogen) atoms. The average Bonchev–Trinajstić information content (AvgIpc) is 4.11. The zero-order valence-electron chi connectivity index (χ0n) is 39.0. The summed E-state index contributed by atoms with van der Waals surface area (Å²) in [5, 5.41) is 12.8. The number of ether oxygens (including phenoxy) is 3. The maximum Gasteiger partial charge on any atom is 0.119 e. The van der Waals surface area contributed by atoms with Crippen LogP contribution < -0.4 is 25.3 Å². The zero-order valence-corrected chi connectivity index (χ0v) is 39.0. The summed E-state index contributed by atoms with van der Waals surface area (Å²) in [7, 11) is 5.12. The summed E-state index contributed by atoms with van der Waals surface area (Å²) in [5.41, 5.74) is 12.3. The molecule has 0 aliphatic carbocycles. The zero-order chi connectivity index (χ0) is 44.8. The van der Waals surface area contributed by atoms with E-state index in [1.54, 1.807) is 21.3 Å². The maximum atomic E-state index is 9.34. The Kier molecular flexibility index (Phi) is 21.0. The van der Waals surface area contributed by atoms with Crippen molar-refractivity contribution < 1.29 is 19.3 Å². The van der Waals surface area contributed by atoms with Gasteiger partial charge in [-0.3, -0.25) is 9.80 Å². The molecule has 5 aromatic rings. The first-order valence-electron chi connectivity index (χ1n) is 23.2. The molecule has 340 valence electrons. The van der Waals surface area contributed by atoms with Gasteiger partial charge in [-0.2, -0.15) is 0 Å². The number of nitrogens with two attached hydrogens (primary N) is 1.